The summed E-state index contributed by atoms with van der Waals surface area (Å²) in [6.45, 7) is 0.0453. The number of fused-ring (bicyclic) bond motifs is 1. The van der Waals surface area contributed by atoms with Crippen molar-refractivity contribution in [3.63, 3.8) is 0 Å². The van der Waals surface area contributed by atoms with Gasteiger partial charge in [-0.05, 0) is 59.7 Å². The molecule has 0 spiro atoms. The van der Waals surface area contributed by atoms with Crippen molar-refractivity contribution in [3.05, 3.63) is 77.9 Å². The second-order valence-electron chi connectivity index (χ2n) is 17.7. The van der Waals surface area contributed by atoms with E-state index in [1.165, 1.54) is 19.2 Å². The molecule has 1 aliphatic rings. The van der Waals surface area contributed by atoms with Gasteiger partial charge in [-0.3, -0.25) is 48.1 Å². The van der Waals surface area contributed by atoms with Crippen molar-refractivity contribution in [1.29, 1.82) is 0 Å². The van der Waals surface area contributed by atoms with Gasteiger partial charge in [0, 0.05) is 52.6 Å². The van der Waals surface area contributed by atoms with Crippen LogP contribution in [0.2, 0.25) is 0 Å². The Morgan fingerprint density at radius 2 is 1.33 bits per heavy atom. The van der Waals surface area contributed by atoms with Gasteiger partial charge in [0.15, 0.2) is 5.96 Å². The van der Waals surface area contributed by atoms with Crippen LogP contribution < -0.4 is 59.3 Å². The van der Waals surface area contributed by atoms with Gasteiger partial charge in [-0.1, -0.05) is 54.6 Å². The maximum Gasteiger partial charge on any atom is 0.317 e. The SMILES string of the molecule is CN1C(=O)[C@@H](Cc2ccc(O)cc2)NC(=O)CNC(=O)[C@H](Cc2ccc3ccccc3c2)NC(=O)[C@H](CCCN=C(N)N)NC(=O)[C@H]1CCCNC(=O)CNC(=O)COCCOCCNC(=O)CNCCNCC(=O)O. The minimum Gasteiger partial charge on any atom is -0.508 e. The van der Waals surface area contributed by atoms with E-state index in [1.807, 2.05) is 42.5 Å². The summed E-state index contributed by atoms with van der Waals surface area (Å²) in [5.41, 5.74) is 12.3. The third-order valence-electron chi connectivity index (χ3n) is 11.7. The number of phenolic OH excluding ortho intramolecular Hbond substituents is 1. The molecule has 26 nitrogen and oxygen atoms in total. The number of aliphatic imine (C=N–C) groups is 1. The summed E-state index contributed by atoms with van der Waals surface area (Å²) >= 11 is 0. The molecule has 4 atom stereocenters. The molecule has 26 heteroatoms. The third-order valence-corrected chi connectivity index (χ3v) is 11.7. The van der Waals surface area contributed by atoms with Crippen LogP contribution in [0.5, 0.6) is 5.75 Å². The first kappa shape index (κ1) is 60.6. The number of carboxylic acid groups (broad SMARTS) is 1. The van der Waals surface area contributed by atoms with E-state index in [9.17, 15) is 48.3 Å². The molecule has 1 fully saturated rings. The van der Waals surface area contributed by atoms with Gasteiger partial charge in [0.1, 0.15) is 36.5 Å². The Labute approximate surface area is 439 Å². The molecule has 1 saturated heterocycles. The van der Waals surface area contributed by atoms with Crippen LogP contribution >= 0.6 is 0 Å². The lowest BCUT2D eigenvalue weighted by Gasteiger charge is -2.32. The number of carbonyl (C=O) groups is 9. The molecule has 4 rings (SSSR count). The normalized spacial score (nSPS) is 17.5. The van der Waals surface area contributed by atoms with Crippen molar-refractivity contribution in [1.82, 2.24) is 52.8 Å². The zero-order valence-corrected chi connectivity index (χ0v) is 42.5. The van der Waals surface area contributed by atoms with Gasteiger partial charge in [0.25, 0.3) is 0 Å². The molecular weight excluding hydrogens is 991 g/mol. The Morgan fingerprint density at radius 1 is 0.671 bits per heavy atom. The van der Waals surface area contributed by atoms with Gasteiger partial charge in [0.05, 0.1) is 46.0 Å². The van der Waals surface area contributed by atoms with Gasteiger partial charge < -0.3 is 83.9 Å². The highest BCUT2D eigenvalue weighted by atomic mass is 16.5. The molecule has 414 valence electrons. The highest BCUT2D eigenvalue weighted by Gasteiger charge is 2.35. The predicted octanol–water partition coefficient (Wildman–Crippen LogP) is -3.78. The minimum absolute atomic E-state index is 0.00225. The summed E-state index contributed by atoms with van der Waals surface area (Å²) in [5.74, 6) is -6.18. The number of aliphatic carboxylic acids is 1. The smallest absolute Gasteiger partial charge is 0.317 e. The van der Waals surface area contributed by atoms with E-state index in [4.69, 9.17) is 26.0 Å². The van der Waals surface area contributed by atoms with E-state index in [2.05, 4.69) is 52.8 Å². The highest BCUT2D eigenvalue weighted by molar-refractivity contribution is 5.97. The molecule has 0 radical (unpaired) electrons. The fourth-order valence-electron chi connectivity index (χ4n) is 7.73. The molecule has 0 unspecified atom stereocenters. The zero-order chi connectivity index (χ0) is 55.2. The Balaban J connectivity index is 1.37. The largest absolute Gasteiger partial charge is 0.508 e. The number of aromatic hydroxyl groups is 1. The fourth-order valence-corrected chi connectivity index (χ4v) is 7.73. The summed E-state index contributed by atoms with van der Waals surface area (Å²) in [5, 5.41) is 44.5. The molecule has 15 N–H and O–H groups in total. The fraction of sp³-hybridized carbons (Fsp3) is 0.480. The van der Waals surface area contributed by atoms with E-state index in [0.29, 0.717) is 24.2 Å². The Hall–Kier alpha value is -7.94. The second kappa shape index (κ2) is 33.1. The quantitative estimate of drug-likeness (QED) is 0.0180. The van der Waals surface area contributed by atoms with Crippen LogP contribution in [0.3, 0.4) is 0 Å². The van der Waals surface area contributed by atoms with Crippen LogP contribution in [0.15, 0.2) is 71.7 Å². The number of nitrogens with one attached hydrogen (secondary N) is 9. The number of ether oxygens (including phenoxy) is 2. The monoisotopic (exact) mass is 1060 g/mol. The van der Waals surface area contributed by atoms with Gasteiger partial charge >= 0.3 is 5.97 Å². The molecule has 3 aromatic rings. The van der Waals surface area contributed by atoms with Gasteiger partial charge in [-0.2, -0.15) is 0 Å². The van der Waals surface area contributed by atoms with Crippen LogP contribution in [0.4, 0.5) is 0 Å². The number of guanidine groups is 1. The van der Waals surface area contributed by atoms with Crippen molar-refractivity contribution in [2.75, 3.05) is 92.4 Å². The maximum absolute atomic E-state index is 14.5. The average Bonchev–Trinajstić information content (AvgIpc) is 3.39. The first-order valence-corrected chi connectivity index (χ1v) is 24.8. The molecule has 0 bridgehead atoms. The number of hydrogen-bond acceptors (Lipinski definition) is 15. The second-order valence-corrected chi connectivity index (χ2v) is 17.7. The summed E-state index contributed by atoms with van der Waals surface area (Å²) < 4.78 is 10.7. The Kier molecular flexibility index (Phi) is 26.4. The van der Waals surface area contributed by atoms with Crippen molar-refractivity contribution < 1.29 is 62.8 Å². The standard InChI is InChI=1S/C50H71N13O13/c1-63-40(9-5-16-55-42(66)28-58-44(68)31-76-23-22-75-21-20-56-41(65)27-53-18-19-54-30-45(69)70)48(73)61-37(8-4-17-57-50(51)52)47(72)62-38(26-33-10-13-34-6-2-3-7-35(34)24-33)46(71)59-29-43(67)60-39(49(63)74)25-32-11-14-36(64)15-12-32/h2-3,6-7,10-15,24,37-40,53-54,64H,4-5,8-9,16-23,25-31H2,1H3,(H,55,66)(H,56,65)(H,58,68)(H,59,71)(H,60,67)(H,61,73)(H,62,72)(H,69,70)(H4,51,52,57)/t37-,38-,39+,40+/m0/s1. The lowest BCUT2D eigenvalue weighted by molar-refractivity contribution is -0.142. The van der Waals surface area contributed by atoms with E-state index in [-0.39, 0.29) is 115 Å². The number of carbonyl (C=O) groups excluding carboxylic acids is 8. The van der Waals surface area contributed by atoms with Crippen LogP contribution in [-0.4, -0.2) is 191 Å². The molecule has 0 saturated carbocycles. The first-order valence-electron chi connectivity index (χ1n) is 24.8. The maximum atomic E-state index is 14.5. The van der Waals surface area contributed by atoms with Crippen LogP contribution in [0.25, 0.3) is 10.8 Å². The Morgan fingerprint density at radius 3 is 2.07 bits per heavy atom. The Bertz CT molecular complexity index is 2460. The topological polar surface area (TPSA) is 388 Å². The summed E-state index contributed by atoms with van der Waals surface area (Å²) in [6, 6.07) is 14.1. The molecule has 0 aromatic heterocycles. The number of rotatable bonds is 29. The molecule has 3 aromatic carbocycles. The summed E-state index contributed by atoms with van der Waals surface area (Å²) in [7, 11) is 1.37. The summed E-state index contributed by atoms with van der Waals surface area (Å²) in [4.78, 5) is 123. The van der Waals surface area contributed by atoms with Crippen LogP contribution in [0.1, 0.15) is 36.8 Å². The molecular formula is C50H71N13O13. The van der Waals surface area contributed by atoms with E-state index in [1.54, 1.807) is 12.1 Å². The number of amides is 8. The molecule has 0 aliphatic carbocycles. The van der Waals surface area contributed by atoms with Gasteiger partial charge in [-0.25, -0.2) is 0 Å². The van der Waals surface area contributed by atoms with Crippen molar-refractivity contribution in [2.45, 2.75) is 62.7 Å². The van der Waals surface area contributed by atoms with E-state index >= 15 is 0 Å². The van der Waals surface area contributed by atoms with E-state index < -0.39 is 84.6 Å². The molecule has 1 aliphatic heterocycles. The lowest BCUT2D eigenvalue weighted by atomic mass is 10.00. The average molecular weight is 1060 g/mol. The zero-order valence-electron chi connectivity index (χ0n) is 42.5. The van der Waals surface area contributed by atoms with Crippen molar-refractivity contribution in [2.24, 2.45) is 16.5 Å². The predicted molar refractivity (Wildman–Crippen MR) is 278 cm³/mol. The molecule has 8 amide bonds. The lowest BCUT2D eigenvalue weighted by Crippen LogP contribution is -2.58. The number of carboxylic acids is 1. The van der Waals surface area contributed by atoms with E-state index in [0.717, 1.165) is 15.7 Å². The number of nitrogens with zero attached hydrogens (tertiary/aromatic N) is 2. The highest BCUT2D eigenvalue weighted by Crippen LogP contribution is 2.18. The van der Waals surface area contributed by atoms with Gasteiger partial charge in [0.2, 0.25) is 47.3 Å². The number of likely N-dealkylation sites (N-methyl/N-ethyl adjacent to an activating group) is 1. The van der Waals surface area contributed by atoms with Crippen LogP contribution in [-0.2, 0) is 65.5 Å². The third kappa shape index (κ3) is 23.1. The minimum atomic E-state index is -1.27. The van der Waals surface area contributed by atoms with Crippen molar-refractivity contribution in [3.8, 4) is 5.75 Å². The van der Waals surface area contributed by atoms with Crippen LogP contribution in [0, 0.1) is 0 Å². The molecule has 76 heavy (non-hydrogen) atoms. The first-order chi connectivity index (χ1) is 36.5. The number of hydrogen-bond donors (Lipinski definition) is 13. The summed E-state index contributed by atoms with van der Waals surface area (Å²) in [6.07, 6.45) is 0.231. The number of nitrogens with two attached hydrogens (primary N) is 2. The van der Waals surface area contributed by atoms with Crippen molar-refractivity contribution >= 4 is 70.0 Å². The number of benzene rings is 3. The molecule has 1 heterocycles. The van der Waals surface area contributed by atoms with Gasteiger partial charge in [-0.15, -0.1) is 0 Å². The number of phenols is 1.